The van der Waals surface area contributed by atoms with Crippen LogP contribution in [0.25, 0.3) is 0 Å². The Bertz CT molecular complexity index is 625. The molecule has 3 rings (SSSR count). The zero-order chi connectivity index (χ0) is 16.8. The number of likely N-dealkylation sites (tertiary alicyclic amines) is 1. The number of aromatic nitrogens is 2. The van der Waals surface area contributed by atoms with Crippen molar-refractivity contribution in [3.63, 3.8) is 0 Å². The number of hydrogen-bond donors (Lipinski definition) is 0. The molecule has 1 fully saturated rings. The van der Waals surface area contributed by atoms with Gasteiger partial charge in [-0.3, -0.25) is 4.90 Å². The van der Waals surface area contributed by atoms with Gasteiger partial charge < -0.3 is 18.4 Å². The van der Waals surface area contributed by atoms with Gasteiger partial charge in [-0.2, -0.15) is 4.98 Å². The number of nitrogens with zero attached hydrogens (tertiary/aromatic N) is 3. The Morgan fingerprint density at radius 2 is 2.29 bits per heavy atom. The van der Waals surface area contributed by atoms with Crippen LogP contribution in [0.2, 0.25) is 0 Å². The van der Waals surface area contributed by atoms with Crippen LogP contribution in [0.3, 0.4) is 0 Å². The molecular formula is C17H25N3O4. The van der Waals surface area contributed by atoms with Crippen molar-refractivity contribution >= 4 is 0 Å². The molecule has 2 aromatic rings. The van der Waals surface area contributed by atoms with E-state index in [1.54, 1.807) is 7.11 Å². The molecule has 1 aliphatic heterocycles. The minimum Gasteiger partial charge on any atom is -0.465 e. The number of methoxy groups -OCH3 is 1. The third-order valence-corrected chi connectivity index (χ3v) is 4.12. The summed E-state index contributed by atoms with van der Waals surface area (Å²) in [5.74, 6) is 3.15. The molecule has 0 bridgehead atoms. The summed E-state index contributed by atoms with van der Waals surface area (Å²) in [4.78, 5) is 6.68. The Labute approximate surface area is 141 Å². The molecule has 0 spiro atoms. The van der Waals surface area contributed by atoms with E-state index in [0.29, 0.717) is 31.3 Å². The highest BCUT2D eigenvalue weighted by molar-refractivity contribution is 5.05. The second-order valence-electron chi connectivity index (χ2n) is 6.17. The lowest BCUT2D eigenvalue weighted by molar-refractivity contribution is -0.0223. The lowest BCUT2D eigenvalue weighted by atomic mass is 10.1. The molecule has 1 aliphatic rings. The van der Waals surface area contributed by atoms with Crippen molar-refractivity contribution in [3.05, 3.63) is 35.4 Å². The van der Waals surface area contributed by atoms with Crippen LogP contribution in [-0.4, -0.2) is 48.0 Å². The first-order chi connectivity index (χ1) is 11.7. The van der Waals surface area contributed by atoms with Gasteiger partial charge in [0.15, 0.2) is 5.82 Å². The van der Waals surface area contributed by atoms with Crippen LogP contribution in [0.1, 0.15) is 36.1 Å². The minimum atomic E-state index is 0.184. The first-order valence-corrected chi connectivity index (χ1v) is 8.42. The van der Waals surface area contributed by atoms with E-state index >= 15 is 0 Å². The third kappa shape index (κ3) is 4.90. The number of furan rings is 1. The van der Waals surface area contributed by atoms with Crippen LogP contribution in [0.5, 0.6) is 0 Å². The third-order valence-electron chi connectivity index (χ3n) is 4.12. The predicted molar refractivity (Wildman–Crippen MR) is 86.4 cm³/mol. The minimum absolute atomic E-state index is 0.184. The number of aryl methyl sites for hydroxylation is 1. The summed E-state index contributed by atoms with van der Waals surface area (Å²) in [6, 6.07) is 4.05. The highest BCUT2D eigenvalue weighted by Crippen LogP contribution is 2.18. The molecule has 1 atom stereocenters. The first kappa shape index (κ1) is 17.1. The van der Waals surface area contributed by atoms with Gasteiger partial charge in [-0.25, -0.2) is 0 Å². The fourth-order valence-electron chi connectivity index (χ4n) is 2.92. The van der Waals surface area contributed by atoms with Gasteiger partial charge in [-0.15, -0.1) is 0 Å². The average Bonchev–Trinajstić information content (AvgIpc) is 3.20. The van der Waals surface area contributed by atoms with E-state index in [1.807, 2.05) is 19.1 Å². The maximum atomic E-state index is 5.96. The zero-order valence-electron chi connectivity index (χ0n) is 14.4. The maximum Gasteiger partial charge on any atom is 0.252 e. The monoisotopic (exact) mass is 335 g/mol. The Kier molecular flexibility index (Phi) is 6.01. The number of ether oxygens (including phenoxy) is 2. The fourth-order valence-corrected chi connectivity index (χ4v) is 2.92. The highest BCUT2D eigenvalue weighted by atomic mass is 16.5. The van der Waals surface area contributed by atoms with Crippen molar-refractivity contribution < 1.29 is 18.4 Å². The molecule has 0 saturated carbocycles. The summed E-state index contributed by atoms with van der Waals surface area (Å²) < 4.78 is 21.8. The standard InChI is InChI=1S/C17H25N3O4/c1-13-5-6-15(23-13)11-20-8-3-4-14(10-20)22-12-17-18-16(19-24-17)7-9-21-2/h5-6,14H,3-4,7-12H2,1-2H3/t14-/m0/s1. The van der Waals surface area contributed by atoms with Crippen molar-refractivity contribution in [2.45, 2.75) is 45.4 Å². The van der Waals surface area contributed by atoms with Gasteiger partial charge in [0.2, 0.25) is 0 Å². The van der Waals surface area contributed by atoms with E-state index in [4.69, 9.17) is 18.4 Å². The zero-order valence-corrected chi connectivity index (χ0v) is 14.4. The van der Waals surface area contributed by atoms with E-state index in [1.165, 1.54) is 0 Å². The maximum absolute atomic E-state index is 5.96. The first-order valence-electron chi connectivity index (χ1n) is 8.42. The molecule has 1 saturated heterocycles. The molecular weight excluding hydrogens is 310 g/mol. The molecule has 132 valence electrons. The van der Waals surface area contributed by atoms with Gasteiger partial charge in [-0.05, 0) is 38.4 Å². The molecule has 7 heteroatoms. The van der Waals surface area contributed by atoms with Crippen LogP contribution in [0.4, 0.5) is 0 Å². The Morgan fingerprint density at radius 3 is 3.08 bits per heavy atom. The van der Waals surface area contributed by atoms with Crippen molar-refractivity contribution in [2.75, 3.05) is 26.8 Å². The van der Waals surface area contributed by atoms with E-state index in [0.717, 1.165) is 44.0 Å². The molecule has 0 radical (unpaired) electrons. The molecule has 0 unspecified atom stereocenters. The van der Waals surface area contributed by atoms with Gasteiger partial charge in [0.25, 0.3) is 5.89 Å². The average molecular weight is 335 g/mol. The van der Waals surface area contributed by atoms with Crippen molar-refractivity contribution in [3.8, 4) is 0 Å². The Morgan fingerprint density at radius 1 is 1.38 bits per heavy atom. The van der Waals surface area contributed by atoms with Gasteiger partial charge in [0.05, 0.1) is 19.3 Å². The van der Waals surface area contributed by atoms with E-state index < -0.39 is 0 Å². The SMILES string of the molecule is COCCc1noc(CO[C@H]2CCCN(Cc3ccc(C)o3)C2)n1. The van der Waals surface area contributed by atoms with Crippen molar-refractivity contribution in [2.24, 2.45) is 0 Å². The van der Waals surface area contributed by atoms with Gasteiger partial charge in [-0.1, -0.05) is 5.16 Å². The van der Waals surface area contributed by atoms with E-state index in [2.05, 4.69) is 15.0 Å². The fraction of sp³-hybridized carbons (Fsp3) is 0.647. The van der Waals surface area contributed by atoms with Crippen LogP contribution in [-0.2, 0) is 29.0 Å². The second kappa shape index (κ2) is 8.41. The molecule has 7 nitrogen and oxygen atoms in total. The van der Waals surface area contributed by atoms with E-state index in [-0.39, 0.29) is 6.10 Å². The quantitative estimate of drug-likeness (QED) is 0.733. The highest BCUT2D eigenvalue weighted by Gasteiger charge is 2.22. The number of hydrogen-bond acceptors (Lipinski definition) is 7. The smallest absolute Gasteiger partial charge is 0.252 e. The topological polar surface area (TPSA) is 73.8 Å². The molecule has 0 aliphatic carbocycles. The predicted octanol–water partition coefficient (Wildman–Crippen LogP) is 2.34. The normalized spacial score (nSPS) is 19.0. The van der Waals surface area contributed by atoms with Gasteiger partial charge in [0, 0.05) is 20.1 Å². The Hall–Kier alpha value is -1.70. The summed E-state index contributed by atoms with van der Waals surface area (Å²) in [5, 5.41) is 3.92. The van der Waals surface area contributed by atoms with Crippen LogP contribution in [0.15, 0.2) is 21.1 Å². The summed E-state index contributed by atoms with van der Waals surface area (Å²) in [6.45, 7) is 5.71. The summed E-state index contributed by atoms with van der Waals surface area (Å²) in [7, 11) is 1.66. The van der Waals surface area contributed by atoms with Crippen molar-refractivity contribution in [1.29, 1.82) is 0 Å². The van der Waals surface area contributed by atoms with Crippen molar-refractivity contribution in [1.82, 2.24) is 15.0 Å². The Balaban J connectivity index is 1.44. The van der Waals surface area contributed by atoms with Gasteiger partial charge >= 0.3 is 0 Å². The molecule has 0 N–H and O–H groups in total. The molecule has 0 aromatic carbocycles. The molecule has 24 heavy (non-hydrogen) atoms. The molecule has 3 heterocycles. The molecule has 2 aromatic heterocycles. The second-order valence-corrected chi connectivity index (χ2v) is 6.17. The number of piperidine rings is 1. The van der Waals surface area contributed by atoms with Crippen LogP contribution in [0, 0.1) is 6.92 Å². The largest absolute Gasteiger partial charge is 0.465 e. The summed E-state index contributed by atoms with van der Waals surface area (Å²) in [6.07, 6.45) is 3.01. The lowest BCUT2D eigenvalue weighted by Gasteiger charge is -2.31. The number of rotatable bonds is 8. The summed E-state index contributed by atoms with van der Waals surface area (Å²) >= 11 is 0. The van der Waals surface area contributed by atoms with E-state index in [9.17, 15) is 0 Å². The van der Waals surface area contributed by atoms with Gasteiger partial charge in [0.1, 0.15) is 18.1 Å². The van der Waals surface area contributed by atoms with Crippen LogP contribution >= 0.6 is 0 Å². The molecule has 0 amide bonds. The van der Waals surface area contributed by atoms with Crippen LogP contribution < -0.4 is 0 Å². The summed E-state index contributed by atoms with van der Waals surface area (Å²) in [5.41, 5.74) is 0. The lowest BCUT2D eigenvalue weighted by Crippen LogP contribution is -2.39.